The highest BCUT2D eigenvalue weighted by Crippen LogP contribution is 2.26. The van der Waals surface area contributed by atoms with Crippen molar-refractivity contribution in [3.05, 3.63) is 100 Å². The highest BCUT2D eigenvalue weighted by Gasteiger charge is 2.36. The molecule has 1 N–H and O–H groups in total. The number of methoxy groups -OCH3 is 1. The molecule has 4 rings (SSSR count). The normalized spacial score (nSPS) is 15.0. The first-order valence-electron chi connectivity index (χ1n) is 10.8. The molecular formula is C27H23FN2O4. The fourth-order valence-electron chi connectivity index (χ4n) is 3.80. The van der Waals surface area contributed by atoms with Crippen LogP contribution in [-0.4, -0.2) is 25.0 Å². The molecule has 34 heavy (non-hydrogen) atoms. The number of amides is 4. The summed E-state index contributed by atoms with van der Waals surface area (Å²) >= 11 is 0. The van der Waals surface area contributed by atoms with Crippen LogP contribution in [0.5, 0.6) is 5.75 Å². The molecule has 0 bridgehead atoms. The van der Waals surface area contributed by atoms with Crippen LogP contribution in [0.15, 0.2) is 72.3 Å². The van der Waals surface area contributed by atoms with Gasteiger partial charge in [0.15, 0.2) is 0 Å². The molecule has 1 saturated heterocycles. The number of barbiturate groups is 1. The Kier molecular flexibility index (Phi) is 6.54. The van der Waals surface area contributed by atoms with Gasteiger partial charge in [-0.1, -0.05) is 37.3 Å². The lowest BCUT2D eigenvalue weighted by Gasteiger charge is -2.26. The van der Waals surface area contributed by atoms with Gasteiger partial charge in [-0.05, 0) is 77.6 Å². The molecule has 0 saturated carbocycles. The van der Waals surface area contributed by atoms with Crippen LogP contribution in [0.1, 0.15) is 29.2 Å². The van der Waals surface area contributed by atoms with Gasteiger partial charge in [-0.15, -0.1) is 0 Å². The van der Waals surface area contributed by atoms with E-state index in [0.29, 0.717) is 23.4 Å². The summed E-state index contributed by atoms with van der Waals surface area (Å²) < 4.78 is 19.0. The van der Waals surface area contributed by atoms with Gasteiger partial charge in [-0.3, -0.25) is 14.9 Å². The van der Waals surface area contributed by atoms with E-state index in [4.69, 9.17) is 4.74 Å². The van der Waals surface area contributed by atoms with E-state index in [-0.39, 0.29) is 11.4 Å². The number of nitrogens with one attached hydrogen (secondary N) is 1. The van der Waals surface area contributed by atoms with E-state index >= 15 is 0 Å². The van der Waals surface area contributed by atoms with Crippen molar-refractivity contribution in [1.29, 1.82) is 0 Å². The third-order valence-electron chi connectivity index (χ3n) is 5.64. The number of carbonyl (C=O) groups excluding carboxylic acids is 3. The van der Waals surface area contributed by atoms with E-state index in [1.54, 1.807) is 42.5 Å². The van der Waals surface area contributed by atoms with Crippen molar-refractivity contribution in [2.24, 2.45) is 0 Å². The van der Waals surface area contributed by atoms with E-state index < -0.39 is 17.8 Å². The molecular weight excluding hydrogens is 435 g/mol. The van der Waals surface area contributed by atoms with E-state index in [1.807, 2.05) is 19.1 Å². The first-order valence-corrected chi connectivity index (χ1v) is 10.8. The van der Waals surface area contributed by atoms with Gasteiger partial charge in [0, 0.05) is 0 Å². The lowest BCUT2D eigenvalue weighted by molar-refractivity contribution is -0.122. The molecule has 0 radical (unpaired) electrons. The number of halogens is 1. The van der Waals surface area contributed by atoms with Crippen molar-refractivity contribution in [3.8, 4) is 5.75 Å². The molecule has 3 aromatic carbocycles. The second-order valence-corrected chi connectivity index (χ2v) is 7.85. The molecule has 0 unspecified atom stereocenters. The summed E-state index contributed by atoms with van der Waals surface area (Å²) in [5.74, 6) is -1.26. The van der Waals surface area contributed by atoms with E-state index in [0.717, 1.165) is 28.0 Å². The number of ether oxygens (including phenoxy) is 1. The summed E-state index contributed by atoms with van der Waals surface area (Å²) in [5.41, 5.74) is 3.28. The average molecular weight is 458 g/mol. The third-order valence-corrected chi connectivity index (χ3v) is 5.64. The highest BCUT2D eigenvalue weighted by atomic mass is 19.1. The van der Waals surface area contributed by atoms with Crippen molar-refractivity contribution in [2.75, 3.05) is 12.0 Å². The Balaban J connectivity index is 1.73. The van der Waals surface area contributed by atoms with E-state index in [9.17, 15) is 18.8 Å². The molecule has 1 aliphatic rings. The fraction of sp³-hybridized carbons (Fsp3) is 0.148. The smallest absolute Gasteiger partial charge is 0.335 e. The minimum Gasteiger partial charge on any atom is -0.497 e. The van der Waals surface area contributed by atoms with Crippen molar-refractivity contribution < 1.29 is 23.5 Å². The Morgan fingerprint density at radius 1 is 0.971 bits per heavy atom. The quantitative estimate of drug-likeness (QED) is 0.431. The Bertz CT molecular complexity index is 1300. The molecule has 1 heterocycles. The fourth-order valence-corrected chi connectivity index (χ4v) is 3.80. The number of rotatable bonds is 6. The number of urea groups is 1. The summed E-state index contributed by atoms with van der Waals surface area (Å²) in [6.45, 7) is 2.00. The summed E-state index contributed by atoms with van der Waals surface area (Å²) in [7, 11) is 1.53. The average Bonchev–Trinajstić information content (AvgIpc) is 2.82. The maximum Gasteiger partial charge on any atom is 0.335 e. The SMILES string of the molecule is CCc1ccc(N2C(=O)NC(=O)/C(=C\c3ccc(OC)cc3Cc3cccc(F)c3)C2=O)cc1. The van der Waals surface area contributed by atoms with Crippen LogP contribution in [0.25, 0.3) is 6.08 Å². The van der Waals surface area contributed by atoms with E-state index in [1.165, 1.54) is 25.3 Å². The summed E-state index contributed by atoms with van der Waals surface area (Å²) in [5, 5.41) is 2.24. The minimum absolute atomic E-state index is 0.176. The molecule has 4 amide bonds. The number of nitrogens with zero attached hydrogens (tertiary/aromatic N) is 1. The van der Waals surface area contributed by atoms with Crippen LogP contribution in [0, 0.1) is 5.82 Å². The number of aryl methyl sites for hydroxylation is 1. The lowest BCUT2D eigenvalue weighted by Crippen LogP contribution is -2.54. The molecule has 0 spiro atoms. The molecule has 1 fully saturated rings. The van der Waals surface area contributed by atoms with Gasteiger partial charge in [-0.2, -0.15) is 0 Å². The van der Waals surface area contributed by atoms with Gasteiger partial charge in [0.05, 0.1) is 12.8 Å². The molecule has 0 aromatic heterocycles. The summed E-state index contributed by atoms with van der Waals surface area (Å²) in [4.78, 5) is 39.3. The molecule has 6 nitrogen and oxygen atoms in total. The van der Waals surface area contributed by atoms with Gasteiger partial charge < -0.3 is 4.74 Å². The molecule has 172 valence electrons. The number of imide groups is 2. The summed E-state index contributed by atoms with van der Waals surface area (Å²) in [6.07, 6.45) is 2.62. The number of hydrogen-bond acceptors (Lipinski definition) is 4. The first kappa shape index (κ1) is 22.9. The van der Waals surface area contributed by atoms with Crippen molar-refractivity contribution in [2.45, 2.75) is 19.8 Å². The second-order valence-electron chi connectivity index (χ2n) is 7.85. The highest BCUT2D eigenvalue weighted by molar-refractivity contribution is 6.39. The Labute approximate surface area is 196 Å². The first-order chi connectivity index (χ1) is 16.4. The predicted molar refractivity (Wildman–Crippen MR) is 127 cm³/mol. The zero-order valence-corrected chi connectivity index (χ0v) is 18.8. The van der Waals surface area contributed by atoms with Gasteiger partial charge in [0.1, 0.15) is 17.1 Å². The predicted octanol–water partition coefficient (Wildman–Crippen LogP) is 4.65. The number of anilines is 1. The van der Waals surface area contributed by atoms with Crippen LogP contribution < -0.4 is 15.0 Å². The van der Waals surface area contributed by atoms with Crippen molar-refractivity contribution in [3.63, 3.8) is 0 Å². The van der Waals surface area contributed by atoms with Gasteiger partial charge in [0.2, 0.25) is 0 Å². The minimum atomic E-state index is -0.800. The zero-order valence-electron chi connectivity index (χ0n) is 18.8. The van der Waals surface area contributed by atoms with Crippen LogP contribution in [0.2, 0.25) is 0 Å². The standard InChI is InChI=1S/C27H23FN2O4/c1-3-17-7-10-22(11-8-17)30-26(32)24(25(31)29-27(30)33)16-19-9-12-23(34-2)15-20(19)13-18-5-4-6-21(28)14-18/h4-12,14-16H,3,13H2,1-2H3,(H,29,31,33)/b24-16+. The molecule has 3 aromatic rings. The molecule has 1 aliphatic heterocycles. The maximum absolute atomic E-state index is 13.7. The molecule has 0 aliphatic carbocycles. The third kappa shape index (κ3) is 4.73. The lowest BCUT2D eigenvalue weighted by atomic mass is 9.96. The second kappa shape index (κ2) is 9.70. The Morgan fingerprint density at radius 3 is 2.41 bits per heavy atom. The number of benzene rings is 3. The topological polar surface area (TPSA) is 75.7 Å². The number of carbonyl (C=O) groups is 3. The van der Waals surface area contributed by atoms with Gasteiger partial charge >= 0.3 is 6.03 Å². The van der Waals surface area contributed by atoms with Crippen molar-refractivity contribution in [1.82, 2.24) is 5.32 Å². The Morgan fingerprint density at radius 2 is 1.74 bits per heavy atom. The number of hydrogen-bond donors (Lipinski definition) is 1. The monoisotopic (exact) mass is 458 g/mol. The van der Waals surface area contributed by atoms with Gasteiger partial charge in [-0.25, -0.2) is 14.1 Å². The molecule has 7 heteroatoms. The van der Waals surface area contributed by atoms with Crippen LogP contribution in [0.4, 0.5) is 14.9 Å². The van der Waals surface area contributed by atoms with Crippen LogP contribution >= 0.6 is 0 Å². The maximum atomic E-state index is 13.7. The van der Waals surface area contributed by atoms with Crippen LogP contribution in [-0.2, 0) is 22.4 Å². The van der Waals surface area contributed by atoms with Crippen molar-refractivity contribution >= 4 is 29.6 Å². The largest absolute Gasteiger partial charge is 0.497 e. The molecule has 0 atom stereocenters. The Hall–Kier alpha value is -4.26. The zero-order chi connectivity index (χ0) is 24.2. The summed E-state index contributed by atoms with van der Waals surface area (Å²) in [6, 6.07) is 17.6. The van der Waals surface area contributed by atoms with E-state index in [2.05, 4.69) is 5.32 Å². The van der Waals surface area contributed by atoms with Gasteiger partial charge in [0.25, 0.3) is 11.8 Å². The van der Waals surface area contributed by atoms with Crippen LogP contribution in [0.3, 0.4) is 0 Å².